The summed E-state index contributed by atoms with van der Waals surface area (Å²) in [6.07, 6.45) is 11.3. The van der Waals surface area contributed by atoms with Crippen molar-refractivity contribution in [2.45, 2.75) is 57.9 Å². The highest BCUT2D eigenvalue weighted by Gasteiger charge is 2.19. The van der Waals surface area contributed by atoms with Crippen LogP contribution in [0.2, 0.25) is 0 Å². The van der Waals surface area contributed by atoms with Gasteiger partial charge < -0.3 is 15.1 Å². The molecule has 6 heteroatoms. The third-order valence-electron chi connectivity index (χ3n) is 7.37. The number of aromatic nitrogens is 2. The van der Waals surface area contributed by atoms with Gasteiger partial charge in [0.15, 0.2) is 0 Å². The fourth-order valence-electron chi connectivity index (χ4n) is 5.38. The van der Waals surface area contributed by atoms with Gasteiger partial charge in [-0.2, -0.15) is 0 Å². The van der Waals surface area contributed by atoms with Gasteiger partial charge in [0.05, 0.1) is 12.1 Å². The van der Waals surface area contributed by atoms with Crippen molar-refractivity contribution in [2.75, 3.05) is 65.2 Å². The molecule has 0 atom stereocenters. The van der Waals surface area contributed by atoms with E-state index in [-0.39, 0.29) is 0 Å². The van der Waals surface area contributed by atoms with Crippen molar-refractivity contribution in [3.63, 3.8) is 0 Å². The molecule has 0 bridgehead atoms. The number of rotatable bonds is 11. The van der Waals surface area contributed by atoms with Gasteiger partial charge in [-0.1, -0.05) is 44.2 Å². The zero-order valence-electron chi connectivity index (χ0n) is 20.9. The fourth-order valence-corrected chi connectivity index (χ4v) is 5.38. The first-order valence-electron chi connectivity index (χ1n) is 13.3. The van der Waals surface area contributed by atoms with Gasteiger partial charge in [0, 0.05) is 38.1 Å². The molecule has 2 heterocycles. The van der Waals surface area contributed by atoms with Crippen molar-refractivity contribution < 1.29 is 0 Å². The van der Waals surface area contributed by atoms with Gasteiger partial charge >= 0.3 is 0 Å². The summed E-state index contributed by atoms with van der Waals surface area (Å²) in [5.41, 5.74) is 1.04. The van der Waals surface area contributed by atoms with Gasteiger partial charge in [-0.05, 0) is 64.5 Å². The maximum Gasteiger partial charge on any atom is 0.145 e. The Bertz CT molecular complexity index is 840. The summed E-state index contributed by atoms with van der Waals surface area (Å²) in [5, 5.41) is 4.69. The molecule has 1 saturated heterocycles. The number of nitrogens with zero attached hydrogens (tertiary/aromatic N) is 5. The Morgan fingerprint density at radius 1 is 0.939 bits per heavy atom. The molecule has 2 fully saturated rings. The minimum absolute atomic E-state index is 0.840. The number of hydrogen-bond acceptors (Lipinski definition) is 6. The van der Waals surface area contributed by atoms with E-state index >= 15 is 0 Å². The molecular weight excluding hydrogens is 408 g/mol. The van der Waals surface area contributed by atoms with Crippen LogP contribution in [0.5, 0.6) is 0 Å². The van der Waals surface area contributed by atoms with Crippen molar-refractivity contribution >= 4 is 16.7 Å². The van der Waals surface area contributed by atoms with Crippen molar-refractivity contribution in [3.05, 3.63) is 30.1 Å². The van der Waals surface area contributed by atoms with E-state index in [4.69, 9.17) is 9.97 Å². The second-order valence-corrected chi connectivity index (χ2v) is 10.4. The molecule has 0 unspecified atom stereocenters. The Kier molecular flexibility index (Phi) is 9.33. The van der Waals surface area contributed by atoms with E-state index in [1.165, 1.54) is 64.6 Å². The summed E-state index contributed by atoms with van der Waals surface area (Å²) < 4.78 is 0. The van der Waals surface area contributed by atoms with Crippen LogP contribution in [-0.4, -0.2) is 84.6 Å². The van der Waals surface area contributed by atoms with E-state index in [1.807, 2.05) is 0 Å². The van der Waals surface area contributed by atoms with E-state index in [2.05, 4.69) is 58.4 Å². The Labute approximate surface area is 200 Å². The molecule has 1 aromatic heterocycles. The molecule has 4 rings (SSSR count). The largest absolute Gasteiger partial charge is 0.369 e. The number of hydrogen-bond donors (Lipinski definition) is 1. The second-order valence-electron chi connectivity index (χ2n) is 10.4. The van der Waals surface area contributed by atoms with Crippen LogP contribution in [0.1, 0.15) is 57.2 Å². The number of nitrogens with one attached hydrogen (secondary N) is 1. The smallest absolute Gasteiger partial charge is 0.145 e. The minimum Gasteiger partial charge on any atom is -0.369 e. The highest BCUT2D eigenvalue weighted by molar-refractivity contribution is 5.88. The molecule has 182 valence electrons. The predicted molar refractivity (Wildman–Crippen MR) is 139 cm³/mol. The maximum absolute atomic E-state index is 4.94. The Hall–Kier alpha value is -1.76. The van der Waals surface area contributed by atoms with Crippen LogP contribution in [0.3, 0.4) is 0 Å². The molecule has 1 aromatic carbocycles. The van der Waals surface area contributed by atoms with Crippen molar-refractivity contribution in [1.82, 2.24) is 24.7 Å². The van der Waals surface area contributed by atoms with E-state index in [0.717, 1.165) is 67.6 Å². The maximum atomic E-state index is 4.94. The lowest BCUT2D eigenvalue weighted by Gasteiger charge is -2.34. The highest BCUT2D eigenvalue weighted by Crippen LogP contribution is 2.27. The lowest BCUT2D eigenvalue weighted by atomic mass is 9.86. The monoisotopic (exact) mass is 452 g/mol. The van der Waals surface area contributed by atoms with Crippen molar-refractivity contribution in [2.24, 2.45) is 5.92 Å². The first-order chi connectivity index (χ1) is 16.2. The zero-order valence-corrected chi connectivity index (χ0v) is 20.9. The molecule has 0 radical (unpaired) electrons. The first kappa shape index (κ1) is 24.4. The van der Waals surface area contributed by atoms with Gasteiger partial charge in [0.25, 0.3) is 0 Å². The predicted octanol–water partition coefficient (Wildman–Crippen LogP) is 4.47. The summed E-state index contributed by atoms with van der Waals surface area (Å²) in [4.78, 5) is 17.2. The Morgan fingerprint density at radius 3 is 2.48 bits per heavy atom. The molecular formula is C27H44N6. The summed E-state index contributed by atoms with van der Waals surface area (Å²) >= 11 is 0. The molecule has 33 heavy (non-hydrogen) atoms. The average molecular weight is 453 g/mol. The minimum atomic E-state index is 0.840. The number of benzene rings is 1. The van der Waals surface area contributed by atoms with Crippen molar-refractivity contribution in [3.8, 4) is 0 Å². The Balaban J connectivity index is 1.26. The molecule has 1 aliphatic carbocycles. The van der Waals surface area contributed by atoms with E-state index in [1.54, 1.807) is 0 Å². The third-order valence-corrected chi connectivity index (χ3v) is 7.37. The summed E-state index contributed by atoms with van der Waals surface area (Å²) in [5.74, 6) is 2.93. The summed E-state index contributed by atoms with van der Waals surface area (Å²) in [6, 6.07) is 8.38. The lowest BCUT2D eigenvalue weighted by Crippen LogP contribution is -2.46. The molecule has 1 N–H and O–H groups in total. The third kappa shape index (κ3) is 7.62. The molecule has 0 amide bonds. The molecule has 6 nitrogen and oxygen atoms in total. The van der Waals surface area contributed by atoms with Gasteiger partial charge in [0.1, 0.15) is 11.6 Å². The first-order valence-corrected chi connectivity index (χ1v) is 13.3. The summed E-state index contributed by atoms with van der Waals surface area (Å²) in [6.45, 7) is 8.70. The molecule has 2 aromatic rings. The number of anilines is 1. The van der Waals surface area contributed by atoms with E-state index < -0.39 is 0 Å². The second kappa shape index (κ2) is 12.6. The van der Waals surface area contributed by atoms with Crippen LogP contribution in [0, 0.1) is 5.92 Å². The molecule has 0 spiro atoms. The zero-order chi connectivity index (χ0) is 22.9. The van der Waals surface area contributed by atoms with Gasteiger partial charge in [-0.25, -0.2) is 9.97 Å². The number of fused-ring (bicyclic) bond motifs is 1. The van der Waals surface area contributed by atoms with Gasteiger partial charge in [0.2, 0.25) is 0 Å². The standard InChI is InChI=1S/C27H44N6/c1-31(2)16-9-15-28-27-24-13-6-7-14-25(24)29-26(30-27)22-33-20-18-32(19-21-33)17-8-12-23-10-4-3-5-11-23/h6-7,13-14,23H,3-5,8-12,15-22H2,1-2H3,(H,28,29,30). The topological polar surface area (TPSA) is 47.5 Å². The average Bonchev–Trinajstić information content (AvgIpc) is 2.83. The van der Waals surface area contributed by atoms with Crippen molar-refractivity contribution in [1.29, 1.82) is 0 Å². The van der Waals surface area contributed by atoms with Crippen LogP contribution in [0.25, 0.3) is 10.9 Å². The van der Waals surface area contributed by atoms with Crippen LogP contribution in [0.4, 0.5) is 5.82 Å². The Morgan fingerprint density at radius 2 is 1.70 bits per heavy atom. The molecule has 2 aliphatic rings. The number of para-hydroxylation sites is 1. The van der Waals surface area contributed by atoms with Crippen LogP contribution < -0.4 is 5.32 Å². The van der Waals surface area contributed by atoms with Crippen LogP contribution in [-0.2, 0) is 6.54 Å². The fraction of sp³-hybridized carbons (Fsp3) is 0.704. The molecule has 1 aliphatic heterocycles. The summed E-state index contributed by atoms with van der Waals surface area (Å²) in [7, 11) is 4.24. The van der Waals surface area contributed by atoms with E-state index in [9.17, 15) is 0 Å². The SMILES string of the molecule is CN(C)CCCNc1nc(CN2CCN(CCCC3CCCCC3)CC2)nc2ccccc12. The van der Waals surface area contributed by atoms with E-state index in [0.29, 0.717) is 0 Å². The van der Waals surface area contributed by atoms with Gasteiger partial charge in [-0.15, -0.1) is 0 Å². The lowest BCUT2D eigenvalue weighted by molar-refractivity contribution is 0.121. The highest BCUT2D eigenvalue weighted by atomic mass is 15.3. The normalized spacial score (nSPS) is 18.9. The quantitative estimate of drug-likeness (QED) is 0.508. The molecule has 1 saturated carbocycles. The van der Waals surface area contributed by atoms with Crippen LogP contribution in [0.15, 0.2) is 24.3 Å². The number of piperazine rings is 1. The van der Waals surface area contributed by atoms with Gasteiger partial charge in [-0.3, -0.25) is 4.90 Å². The van der Waals surface area contributed by atoms with Crippen LogP contribution >= 0.6 is 0 Å².